The zero-order valence-corrected chi connectivity index (χ0v) is 15.4. The van der Waals surface area contributed by atoms with Gasteiger partial charge in [0.15, 0.2) is 0 Å². The van der Waals surface area contributed by atoms with Crippen molar-refractivity contribution in [3.63, 3.8) is 0 Å². The first-order valence-electron chi connectivity index (χ1n) is 9.98. The van der Waals surface area contributed by atoms with Gasteiger partial charge in [-0.05, 0) is 92.0 Å². The molecule has 1 fully saturated rings. The lowest BCUT2D eigenvalue weighted by Crippen LogP contribution is -2.18. The minimum absolute atomic E-state index is 0.537. The molecule has 2 heteroatoms. The highest BCUT2D eigenvalue weighted by Crippen LogP contribution is 2.34. The average Bonchev–Trinajstić information content (AvgIpc) is 3.40. The van der Waals surface area contributed by atoms with Crippen LogP contribution in [0.4, 0.5) is 5.69 Å². The molecule has 1 aliphatic carbocycles. The molecule has 1 atom stereocenters. The summed E-state index contributed by atoms with van der Waals surface area (Å²) in [5.74, 6) is 0.537. The van der Waals surface area contributed by atoms with Gasteiger partial charge in [-0.1, -0.05) is 24.3 Å². The van der Waals surface area contributed by atoms with Crippen molar-refractivity contribution in [2.45, 2.75) is 12.3 Å². The second kappa shape index (κ2) is 5.11. The fraction of sp³-hybridized carbons (Fsp3) is 0.115. The van der Waals surface area contributed by atoms with Gasteiger partial charge in [-0.25, -0.2) is 0 Å². The summed E-state index contributed by atoms with van der Waals surface area (Å²) in [6.07, 6.45) is 9.76. The van der Waals surface area contributed by atoms with Crippen LogP contribution < -0.4 is 15.8 Å². The van der Waals surface area contributed by atoms with Crippen molar-refractivity contribution in [3.05, 3.63) is 76.3 Å². The van der Waals surface area contributed by atoms with E-state index in [1.807, 2.05) is 6.21 Å². The van der Waals surface area contributed by atoms with Crippen molar-refractivity contribution >= 4 is 56.4 Å². The minimum Gasteiger partial charge on any atom is -0.388 e. The van der Waals surface area contributed by atoms with E-state index in [9.17, 15) is 0 Å². The Morgan fingerprint density at radius 3 is 2.54 bits per heavy atom. The predicted molar refractivity (Wildman–Crippen MR) is 119 cm³/mol. The molecule has 0 radical (unpaired) electrons. The van der Waals surface area contributed by atoms with Crippen LogP contribution in [0, 0.1) is 0 Å². The molecule has 4 aromatic carbocycles. The van der Waals surface area contributed by atoms with E-state index in [4.69, 9.17) is 0 Å². The Bertz CT molecular complexity index is 1540. The number of hydrogen-bond acceptors (Lipinski definition) is 2. The zero-order valence-electron chi connectivity index (χ0n) is 15.4. The Labute approximate surface area is 162 Å². The Balaban J connectivity index is 1.58. The molecule has 1 unspecified atom stereocenters. The van der Waals surface area contributed by atoms with Gasteiger partial charge in [0, 0.05) is 29.6 Å². The summed E-state index contributed by atoms with van der Waals surface area (Å²) in [5, 5.41) is 14.0. The molecule has 3 aliphatic rings. The molecule has 1 saturated heterocycles. The number of allylic oxidation sites excluding steroid dienone is 2. The van der Waals surface area contributed by atoms with Gasteiger partial charge in [0.05, 0.1) is 5.69 Å². The SMILES string of the molecule is C1=Nc2ccc3cc4c(ccc5cc6c(cc54)=CC=C4NCCC46)cc3c2=C1. The first-order valence-corrected chi connectivity index (χ1v) is 9.98. The van der Waals surface area contributed by atoms with Crippen LogP contribution in [0.5, 0.6) is 0 Å². The van der Waals surface area contributed by atoms with Crippen molar-refractivity contribution < 1.29 is 0 Å². The van der Waals surface area contributed by atoms with Crippen LogP contribution >= 0.6 is 0 Å². The topological polar surface area (TPSA) is 24.4 Å². The maximum Gasteiger partial charge on any atom is 0.0708 e. The molecular formula is C26H18N2. The Morgan fingerprint density at radius 2 is 1.57 bits per heavy atom. The number of aliphatic imine (C=N–C) groups is 1. The van der Waals surface area contributed by atoms with Crippen molar-refractivity contribution in [1.82, 2.24) is 5.32 Å². The normalized spacial score (nSPS) is 19.0. The highest BCUT2D eigenvalue weighted by molar-refractivity contribution is 6.13. The molecule has 2 heterocycles. The molecule has 132 valence electrons. The van der Waals surface area contributed by atoms with Crippen molar-refractivity contribution in [1.29, 1.82) is 0 Å². The summed E-state index contributed by atoms with van der Waals surface area (Å²) in [5.41, 5.74) is 3.93. The molecule has 28 heavy (non-hydrogen) atoms. The Hall–Kier alpha value is -3.39. The molecular weight excluding hydrogens is 340 g/mol. The van der Waals surface area contributed by atoms with Crippen LogP contribution in [0.1, 0.15) is 17.9 Å². The summed E-state index contributed by atoms with van der Waals surface area (Å²) in [6.45, 7) is 1.08. The first kappa shape index (κ1) is 14.6. The lowest BCUT2D eigenvalue weighted by Gasteiger charge is -2.18. The molecule has 0 amide bonds. The number of nitrogens with one attached hydrogen (secondary N) is 1. The van der Waals surface area contributed by atoms with Gasteiger partial charge < -0.3 is 5.32 Å². The van der Waals surface area contributed by atoms with E-state index in [0.29, 0.717) is 5.92 Å². The largest absolute Gasteiger partial charge is 0.388 e. The van der Waals surface area contributed by atoms with Crippen LogP contribution in [0.25, 0.3) is 44.5 Å². The molecule has 0 aromatic heterocycles. The van der Waals surface area contributed by atoms with Gasteiger partial charge in [-0.2, -0.15) is 0 Å². The maximum atomic E-state index is 4.46. The standard InChI is InChI=1S/C26H18N2/c1-2-16-12-22-18(4-6-26-20(22)8-10-28-26)14-24(16)23-13-17-3-5-25-19(7-9-27-25)21(17)11-15(1)23/h1-7,9,11-14,20,28H,8,10H2. The van der Waals surface area contributed by atoms with E-state index in [1.54, 1.807) is 0 Å². The van der Waals surface area contributed by atoms with Gasteiger partial charge in [0.2, 0.25) is 0 Å². The van der Waals surface area contributed by atoms with Crippen molar-refractivity contribution in [2.75, 3.05) is 6.54 Å². The molecule has 0 saturated carbocycles. The van der Waals surface area contributed by atoms with Gasteiger partial charge >= 0.3 is 0 Å². The lowest BCUT2D eigenvalue weighted by atomic mass is 9.87. The molecule has 7 rings (SSSR count). The van der Waals surface area contributed by atoms with Gasteiger partial charge in [0.25, 0.3) is 0 Å². The monoisotopic (exact) mass is 358 g/mol. The lowest BCUT2D eigenvalue weighted by molar-refractivity contribution is 0.819. The fourth-order valence-electron chi connectivity index (χ4n) is 5.22. The summed E-state index contributed by atoms with van der Waals surface area (Å²) in [6, 6.07) is 18.4. The van der Waals surface area contributed by atoms with Gasteiger partial charge in [-0.3, -0.25) is 4.99 Å². The first-order chi connectivity index (χ1) is 13.8. The second-order valence-electron chi connectivity index (χ2n) is 8.06. The predicted octanol–water partition coefficient (Wildman–Crippen LogP) is 4.40. The molecule has 2 nitrogen and oxygen atoms in total. The third-order valence-corrected chi connectivity index (χ3v) is 6.61. The van der Waals surface area contributed by atoms with Gasteiger partial charge in [0.1, 0.15) is 0 Å². The van der Waals surface area contributed by atoms with E-state index >= 15 is 0 Å². The van der Waals surface area contributed by atoms with Crippen molar-refractivity contribution in [3.8, 4) is 0 Å². The molecule has 0 bridgehead atoms. The molecule has 2 aliphatic heterocycles. The van der Waals surface area contributed by atoms with Crippen LogP contribution in [0.2, 0.25) is 0 Å². The number of fused-ring (bicyclic) bond motifs is 9. The maximum absolute atomic E-state index is 4.46. The van der Waals surface area contributed by atoms with E-state index in [2.05, 4.69) is 77.1 Å². The zero-order chi connectivity index (χ0) is 18.2. The van der Waals surface area contributed by atoms with Crippen LogP contribution in [0.15, 0.2) is 65.3 Å². The van der Waals surface area contributed by atoms with Crippen LogP contribution in [-0.2, 0) is 0 Å². The van der Waals surface area contributed by atoms with Crippen LogP contribution in [-0.4, -0.2) is 12.8 Å². The summed E-state index contributed by atoms with van der Waals surface area (Å²) >= 11 is 0. The highest BCUT2D eigenvalue weighted by Gasteiger charge is 2.25. The summed E-state index contributed by atoms with van der Waals surface area (Å²) < 4.78 is 0. The minimum atomic E-state index is 0.537. The van der Waals surface area contributed by atoms with Crippen molar-refractivity contribution in [2.24, 2.45) is 4.99 Å². The Kier molecular flexibility index (Phi) is 2.67. The van der Waals surface area contributed by atoms with E-state index in [0.717, 1.165) is 12.2 Å². The number of benzene rings is 4. The number of hydrogen-bond donors (Lipinski definition) is 1. The summed E-state index contributed by atoms with van der Waals surface area (Å²) in [4.78, 5) is 4.46. The third-order valence-electron chi connectivity index (χ3n) is 6.61. The number of rotatable bonds is 0. The smallest absolute Gasteiger partial charge is 0.0708 e. The van der Waals surface area contributed by atoms with Crippen LogP contribution in [0.3, 0.4) is 0 Å². The van der Waals surface area contributed by atoms with E-state index in [-0.39, 0.29) is 0 Å². The third kappa shape index (κ3) is 1.85. The van der Waals surface area contributed by atoms with E-state index in [1.165, 1.54) is 60.4 Å². The molecule has 4 aromatic rings. The quantitative estimate of drug-likeness (QED) is 0.366. The molecule has 0 spiro atoms. The fourth-order valence-corrected chi connectivity index (χ4v) is 5.22. The highest BCUT2D eigenvalue weighted by atomic mass is 14.9. The Morgan fingerprint density at radius 1 is 0.786 bits per heavy atom. The van der Waals surface area contributed by atoms with E-state index < -0.39 is 0 Å². The number of nitrogens with zero attached hydrogens (tertiary/aromatic N) is 1. The average molecular weight is 358 g/mol. The second-order valence-corrected chi connectivity index (χ2v) is 8.06. The summed E-state index contributed by atoms with van der Waals surface area (Å²) in [7, 11) is 0. The molecule has 1 N–H and O–H groups in total. The van der Waals surface area contributed by atoms with Gasteiger partial charge in [-0.15, -0.1) is 0 Å².